The number of nitrogens with zero attached hydrogens (tertiary/aromatic N) is 3. The van der Waals surface area contributed by atoms with Crippen LogP contribution in [0.5, 0.6) is 0 Å². The van der Waals surface area contributed by atoms with E-state index in [9.17, 15) is 18.0 Å². The molecule has 0 unspecified atom stereocenters. The molecule has 20 heavy (non-hydrogen) atoms. The lowest BCUT2D eigenvalue weighted by Crippen LogP contribution is -2.10. The lowest BCUT2D eigenvalue weighted by Gasteiger charge is -2.08. The monoisotopic (exact) mass is 365 g/mol. The average molecular weight is 366 g/mol. The first-order valence-electron chi connectivity index (χ1n) is 4.81. The summed E-state index contributed by atoms with van der Waals surface area (Å²) in [7, 11) is 0. The highest BCUT2D eigenvalue weighted by Gasteiger charge is 2.33. The second-order valence-corrected chi connectivity index (χ2v) is 4.91. The minimum Gasteiger partial charge on any atom is -0.329 e. The molecule has 0 spiro atoms. The molecule has 0 fully saturated rings. The zero-order valence-corrected chi connectivity index (χ0v) is 11.6. The smallest absolute Gasteiger partial charge is 0.329 e. The van der Waals surface area contributed by atoms with Crippen LogP contribution in [0.1, 0.15) is 11.3 Å². The molecule has 2 N–H and O–H groups in total. The number of anilines is 2. The first kappa shape index (κ1) is 14.5. The molecule has 0 saturated carbocycles. The summed E-state index contributed by atoms with van der Waals surface area (Å²) >= 11 is 3.55. The van der Waals surface area contributed by atoms with Crippen LogP contribution in [-0.4, -0.2) is 14.3 Å². The highest BCUT2D eigenvalue weighted by Crippen LogP contribution is 2.31. The highest BCUT2D eigenvalue weighted by atomic mass is 79.9. The summed E-state index contributed by atoms with van der Waals surface area (Å²) in [6, 6.07) is 2.33. The van der Waals surface area contributed by atoms with Crippen molar-refractivity contribution in [1.29, 1.82) is 5.26 Å². The molecule has 104 valence electrons. The molecule has 0 atom stereocenters. The number of rotatable bonds is 2. The maximum atomic E-state index is 12.6. The molecule has 0 aromatic carbocycles. The lowest BCUT2D eigenvalue weighted by atomic mass is 10.3. The molecule has 0 saturated heterocycles. The normalized spacial score (nSPS) is 11.2. The van der Waals surface area contributed by atoms with Gasteiger partial charge in [0.15, 0.2) is 16.0 Å². The Bertz CT molecular complexity index is 747. The Hall–Kier alpha value is -1.93. The molecule has 2 aromatic heterocycles. The first-order chi connectivity index (χ1) is 9.31. The van der Waals surface area contributed by atoms with Crippen molar-refractivity contribution in [3.8, 4) is 6.07 Å². The Labute approximate surface area is 121 Å². The van der Waals surface area contributed by atoms with E-state index in [4.69, 9.17) is 5.26 Å². The van der Waals surface area contributed by atoms with E-state index in [-0.39, 0.29) is 21.1 Å². The van der Waals surface area contributed by atoms with Gasteiger partial charge in [0.25, 0.3) is 5.56 Å². The number of H-pyrrole nitrogens is 1. The molecule has 0 bridgehead atoms. The van der Waals surface area contributed by atoms with Gasteiger partial charge in [-0.1, -0.05) is 0 Å². The van der Waals surface area contributed by atoms with Gasteiger partial charge in [0.2, 0.25) is 0 Å². The van der Waals surface area contributed by atoms with Crippen molar-refractivity contribution >= 4 is 38.3 Å². The summed E-state index contributed by atoms with van der Waals surface area (Å²) in [6.45, 7) is 0. The molecule has 0 radical (unpaired) electrons. The van der Waals surface area contributed by atoms with Crippen LogP contribution in [0, 0.1) is 11.3 Å². The third-order valence-electron chi connectivity index (χ3n) is 2.04. The molecule has 0 aliphatic rings. The third kappa shape index (κ3) is 2.97. The van der Waals surface area contributed by atoms with E-state index >= 15 is 0 Å². The number of halogens is 4. The van der Waals surface area contributed by atoms with Crippen LogP contribution >= 0.6 is 27.5 Å². The van der Waals surface area contributed by atoms with E-state index in [0.29, 0.717) is 6.07 Å². The quantitative estimate of drug-likeness (QED) is 0.797. The van der Waals surface area contributed by atoms with Crippen LogP contribution in [-0.2, 0) is 6.18 Å². The molecule has 0 amide bonds. The maximum absolute atomic E-state index is 12.6. The maximum Gasteiger partial charge on any atom is 0.433 e. The molecule has 2 aromatic rings. The van der Waals surface area contributed by atoms with E-state index in [2.05, 4.69) is 35.6 Å². The molecule has 2 rings (SSSR count). The summed E-state index contributed by atoms with van der Waals surface area (Å²) in [5.41, 5.74) is -1.99. The second kappa shape index (κ2) is 5.22. The van der Waals surface area contributed by atoms with Crippen molar-refractivity contribution in [3.05, 3.63) is 32.4 Å². The number of aromatic nitrogens is 3. The summed E-state index contributed by atoms with van der Waals surface area (Å²) in [5.74, 6) is -0.189. The van der Waals surface area contributed by atoms with Crippen molar-refractivity contribution in [2.45, 2.75) is 6.18 Å². The molecule has 0 aliphatic heterocycles. The van der Waals surface area contributed by atoms with Crippen LogP contribution in [0.4, 0.5) is 24.0 Å². The molecule has 11 heteroatoms. The summed E-state index contributed by atoms with van der Waals surface area (Å²) in [4.78, 5) is 18.1. The van der Waals surface area contributed by atoms with Crippen molar-refractivity contribution < 1.29 is 13.2 Å². The summed E-state index contributed by atoms with van der Waals surface area (Å²) < 4.78 is 39.8. The second-order valence-electron chi connectivity index (χ2n) is 3.38. The Morgan fingerprint density at radius 3 is 2.75 bits per heavy atom. The van der Waals surface area contributed by atoms with E-state index in [1.165, 1.54) is 0 Å². The van der Waals surface area contributed by atoms with E-state index < -0.39 is 17.4 Å². The van der Waals surface area contributed by atoms with Gasteiger partial charge < -0.3 is 5.32 Å². The van der Waals surface area contributed by atoms with Gasteiger partial charge in [-0.3, -0.25) is 9.17 Å². The molecule has 2 heterocycles. The van der Waals surface area contributed by atoms with Gasteiger partial charge in [0, 0.05) is 6.07 Å². The van der Waals surface area contributed by atoms with Crippen molar-refractivity contribution in [2.24, 2.45) is 0 Å². The van der Waals surface area contributed by atoms with Gasteiger partial charge >= 0.3 is 6.18 Å². The van der Waals surface area contributed by atoms with Crippen LogP contribution in [0.2, 0.25) is 0 Å². The van der Waals surface area contributed by atoms with E-state index in [1.807, 2.05) is 0 Å². The standard InChI is InChI=1S/C9H3BrF3N5OS/c10-8-15-4(9(11,12)13)1-5(17-8)16-7-3(2-14)6(19)18-20-7/h1H,(H,18,19)(H,15,16,17). The zero-order chi connectivity index (χ0) is 14.9. The van der Waals surface area contributed by atoms with Crippen molar-refractivity contribution in [3.63, 3.8) is 0 Å². The largest absolute Gasteiger partial charge is 0.433 e. The predicted octanol–water partition coefficient (Wildman–Crippen LogP) is 2.62. The van der Waals surface area contributed by atoms with Crippen LogP contribution < -0.4 is 10.9 Å². The fraction of sp³-hybridized carbons (Fsp3) is 0.111. The minimum absolute atomic E-state index is 0.0798. The average Bonchev–Trinajstić information content (AvgIpc) is 2.68. The molecule has 0 aliphatic carbocycles. The van der Waals surface area contributed by atoms with Gasteiger partial charge in [-0.25, -0.2) is 9.97 Å². The van der Waals surface area contributed by atoms with Gasteiger partial charge in [-0.05, 0) is 27.5 Å². The fourth-order valence-electron chi connectivity index (χ4n) is 1.24. The van der Waals surface area contributed by atoms with Crippen molar-refractivity contribution in [2.75, 3.05) is 5.32 Å². The Kier molecular flexibility index (Phi) is 3.78. The van der Waals surface area contributed by atoms with E-state index in [0.717, 1.165) is 11.5 Å². The van der Waals surface area contributed by atoms with E-state index in [1.54, 1.807) is 6.07 Å². The van der Waals surface area contributed by atoms with Crippen LogP contribution in [0.3, 0.4) is 0 Å². The number of alkyl halides is 3. The van der Waals surface area contributed by atoms with Crippen LogP contribution in [0.25, 0.3) is 0 Å². The predicted molar refractivity (Wildman–Crippen MR) is 67.7 cm³/mol. The van der Waals surface area contributed by atoms with Gasteiger partial charge in [0.05, 0.1) is 0 Å². The number of nitriles is 1. The first-order valence-corrected chi connectivity index (χ1v) is 6.42. The Balaban J connectivity index is 2.42. The number of hydrogen-bond donors (Lipinski definition) is 2. The van der Waals surface area contributed by atoms with Crippen molar-refractivity contribution in [1.82, 2.24) is 14.3 Å². The number of hydrogen-bond acceptors (Lipinski definition) is 6. The third-order valence-corrected chi connectivity index (χ3v) is 3.20. The number of nitrogens with one attached hydrogen (secondary N) is 2. The molecule has 6 nitrogen and oxygen atoms in total. The van der Waals surface area contributed by atoms with Crippen LogP contribution in [0.15, 0.2) is 15.6 Å². The topological polar surface area (TPSA) is 94.5 Å². The Morgan fingerprint density at radius 2 is 2.15 bits per heavy atom. The van der Waals surface area contributed by atoms with Gasteiger partial charge in [-0.2, -0.15) is 18.4 Å². The molecular formula is C9H3BrF3N5OS. The molecular weight excluding hydrogens is 363 g/mol. The fourth-order valence-corrected chi connectivity index (χ4v) is 2.31. The van der Waals surface area contributed by atoms with Gasteiger partial charge in [-0.15, -0.1) is 0 Å². The SMILES string of the molecule is N#Cc1c(Nc2cc(C(F)(F)F)nc(Br)n2)s[nH]c1=O. The van der Waals surface area contributed by atoms with Gasteiger partial charge in [0.1, 0.15) is 16.9 Å². The number of aromatic amines is 1. The summed E-state index contributed by atoms with van der Waals surface area (Å²) in [5, 5.41) is 11.3. The highest BCUT2D eigenvalue weighted by molar-refractivity contribution is 9.10. The summed E-state index contributed by atoms with van der Waals surface area (Å²) in [6.07, 6.45) is -4.63. The Morgan fingerprint density at radius 1 is 1.45 bits per heavy atom. The minimum atomic E-state index is -4.63. The lowest BCUT2D eigenvalue weighted by molar-refractivity contribution is -0.141. The zero-order valence-electron chi connectivity index (χ0n) is 9.25.